The Bertz CT molecular complexity index is 1100. The van der Waals surface area contributed by atoms with Crippen LogP contribution in [0.5, 0.6) is 0 Å². The van der Waals surface area contributed by atoms with Gasteiger partial charge in [-0.15, -0.1) is 0 Å². The van der Waals surface area contributed by atoms with Crippen molar-refractivity contribution in [2.24, 2.45) is 4.99 Å². The van der Waals surface area contributed by atoms with Gasteiger partial charge in [0.25, 0.3) is 0 Å². The normalized spacial score (nSPS) is 12.4. The lowest BCUT2D eigenvalue weighted by Crippen LogP contribution is -1.95. The lowest BCUT2D eigenvalue weighted by Gasteiger charge is -2.06. The van der Waals surface area contributed by atoms with Crippen LogP contribution in [0.4, 0.5) is 5.82 Å². The molecule has 4 heteroatoms. The molecule has 128 valence electrons. The highest BCUT2D eigenvalue weighted by Crippen LogP contribution is 2.33. The second kappa shape index (κ2) is 7.49. The number of fused-ring (bicyclic) bond motifs is 3. The molecule has 0 N–H and O–H groups in total. The van der Waals surface area contributed by atoms with Crippen molar-refractivity contribution < 1.29 is 0 Å². The first kappa shape index (κ1) is 17.2. The maximum absolute atomic E-state index is 4.80. The fourth-order valence-corrected chi connectivity index (χ4v) is 2.84. The van der Waals surface area contributed by atoms with Crippen molar-refractivity contribution in [3.63, 3.8) is 0 Å². The first-order valence-electron chi connectivity index (χ1n) is 8.18. The van der Waals surface area contributed by atoms with Gasteiger partial charge in [-0.1, -0.05) is 62.8 Å². The second-order valence-electron chi connectivity index (χ2n) is 5.41. The molecule has 0 saturated heterocycles. The molecular formula is C22H20N4. The molecule has 26 heavy (non-hydrogen) atoms. The summed E-state index contributed by atoms with van der Waals surface area (Å²) in [5.41, 5.74) is 3.60. The Hall–Kier alpha value is -3.66. The van der Waals surface area contributed by atoms with E-state index < -0.39 is 0 Å². The molecule has 0 atom stereocenters. The maximum Gasteiger partial charge on any atom is 0.221 e. The number of rotatable bonds is 7. The predicted octanol–water partition coefficient (Wildman–Crippen LogP) is 5.59. The van der Waals surface area contributed by atoms with E-state index in [0.29, 0.717) is 5.82 Å². The molecule has 2 heterocycles. The highest BCUT2D eigenvalue weighted by Gasteiger charge is 2.20. The van der Waals surface area contributed by atoms with E-state index >= 15 is 0 Å². The van der Waals surface area contributed by atoms with Crippen molar-refractivity contribution in [2.45, 2.75) is 0 Å². The van der Waals surface area contributed by atoms with E-state index in [-0.39, 0.29) is 0 Å². The van der Waals surface area contributed by atoms with Gasteiger partial charge < -0.3 is 0 Å². The van der Waals surface area contributed by atoms with Crippen LogP contribution >= 0.6 is 0 Å². The van der Waals surface area contributed by atoms with Crippen LogP contribution in [-0.4, -0.2) is 20.2 Å². The van der Waals surface area contributed by atoms with Gasteiger partial charge in [-0.3, -0.25) is 8.97 Å². The van der Waals surface area contributed by atoms with Crippen LogP contribution in [-0.2, 0) is 0 Å². The molecule has 0 aliphatic rings. The summed E-state index contributed by atoms with van der Waals surface area (Å²) in [7, 11) is 0. The summed E-state index contributed by atoms with van der Waals surface area (Å²) in [4.78, 5) is 9.36. The monoisotopic (exact) mass is 340 g/mol. The van der Waals surface area contributed by atoms with Gasteiger partial charge >= 0.3 is 0 Å². The van der Waals surface area contributed by atoms with Gasteiger partial charge in [-0.2, -0.15) is 0 Å². The number of hydrogen-bond acceptors (Lipinski definition) is 2. The lowest BCUT2D eigenvalue weighted by atomic mass is 10.3. The van der Waals surface area contributed by atoms with Crippen LogP contribution in [0.3, 0.4) is 0 Å². The largest absolute Gasteiger partial charge is 0.274 e. The zero-order valence-electron chi connectivity index (χ0n) is 14.5. The molecule has 0 amide bonds. The van der Waals surface area contributed by atoms with Crippen molar-refractivity contribution in [3.8, 4) is 0 Å². The summed E-state index contributed by atoms with van der Waals surface area (Å²) in [6.07, 6.45) is 14.3. The number of aromatic nitrogens is 3. The summed E-state index contributed by atoms with van der Waals surface area (Å²) in [6.45, 7) is 15.3. The Kier molecular flexibility index (Phi) is 4.94. The molecule has 0 aliphatic heterocycles. The van der Waals surface area contributed by atoms with Gasteiger partial charge in [0.2, 0.25) is 5.78 Å². The number of hydrogen-bond donors (Lipinski definition) is 0. The molecule has 0 aliphatic carbocycles. The van der Waals surface area contributed by atoms with E-state index in [1.807, 2.05) is 51.5 Å². The lowest BCUT2D eigenvalue weighted by molar-refractivity contribution is 1.11. The molecule has 4 nitrogen and oxygen atoms in total. The van der Waals surface area contributed by atoms with Gasteiger partial charge in [-0.05, 0) is 30.4 Å². The van der Waals surface area contributed by atoms with E-state index in [2.05, 4.69) is 31.3 Å². The molecule has 0 unspecified atom stereocenters. The van der Waals surface area contributed by atoms with Gasteiger partial charge in [0.1, 0.15) is 0 Å². The van der Waals surface area contributed by atoms with Crippen LogP contribution in [0.25, 0.3) is 28.6 Å². The first-order chi connectivity index (χ1) is 12.8. The van der Waals surface area contributed by atoms with Crippen molar-refractivity contribution in [1.82, 2.24) is 14.0 Å². The number of benzene rings is 1. The Morgan fingerprint density at radius 2 is 1.85 bits per heavy atom. The molecule has 0 spiro atoms. The van der Waals surface area contributed by atoms with Crippen LogP contribution < -0.4 is 0 Å². The standard InChI is InChI=1S/C22H20N4/c1-5-9-10-13-17(7-3)25-21(23-16-6-2)19(8-4)26-20-15-12-11-14-18(20)24-22(25)26/h5-16H,1-4H2/b10-9-,17-13+,23-16?. The minimum Gasteiger partial charge on any atom is -0.274 e. The molecule has 0 bridgehead atoms. The van der Waals surface area contributed by atoms with Gasteiger partial charge in [0.05, 0.1) is 22.4 Å². The van der Waals surface area contributed by atoms with E-state index in [4.69, 9.17) is 4.98 Å². The number of imidazole rings is 2. The van der Waals surface area contributed by atoms with Crippen LogP contribution in [0.1, 0.15) is 5.69 Å². The van der Waals surface area contributed by atoms with Gasteiger partial charge in [-0.25, -0.2) is 9.98 Å². The third-order valence-corrected chi connectivity index (χ3v) is 3.90. The minimum absolute atomic E-state index is 0.714. The van der Waals surface area contributed by atoms with Crippen LogP contribution in [0.2, 0.25) is 0 Å². The third kappa shape index (κ3) is 2.78. The molecular weight excluding hydrogens is 320 g/mol. The Balaban J connectivity index is 2.46. The highest BCUT2D eigenvalue weighted by molar-refractivity contribution is 5.87. The van der Waals surface area contributed by atoms with Gasteiger partial charge in [0.15, 0.2) is 5.82 Å². The summed E-state index contributed by atoms with van der Waals surface area (Å²) in [5, 5.41) is 0. The number of aliphatic imine (C=N–C) groups is 1. The zero-order chi connectivity index (χ0) is 18.5. The first-order valence-corrected chi connectivity index (χ1v) is 8.18. The maximum atomic E-state index is 4.80. The van der Waals surface area contributed by atoms with Crippen molar-refractivity contribution in [2.75, 3.05) is 0 Å². The zero-order valence-corrected chi connectivity index (χ0v) is 14.5. The molecule has 2 aromatic heterocycles. The Morgan fingerprint density at radius 1 is 1.04 bits per heavy atom. The second-order valence-corrected chi connectivity index (χ2v) is 5.41. The number of para-hydroxylation sites is 2. The number of nitrogens with zero attached hydrogens (tertiary/aromatic N) is 4. The molecule has 0 radical (unpaired) electrons. The fourth-order valence-electron chi connectivity index (χ4n) is 2.84. The van der Waals surface area contributed by atoms with Crippen LogP contribution in [0, 0.1) is 0 Å². The summed E-state index contributed by atoms with van der Waals surface area (Å²) < 4.78 is 4.00. The fraction of sp³-hybridized carbons (Fsp3) is 0. The van der Waals surface area contributed by atoms with E-state index in [0.717, 1.165) is 28.2 Å². The predicted molar refractivity (Wildman–Crippen MR) is 113 cm³/mol. The Morgan fingerprint density at radius 3 is 2.54 bits per heavy atom. The molecule has 0 saturated carbocycles. The molecule has 1 aromatic carbocycles. The SMILES string of the molecule is C=CC=Nc1c(C=C)n2c3ccccc3nc2n1/C(C=C)=C/C=C\C=C. The van der Waals surface area contributed by atoms with E-state index in [1.165, 1.54) is 0 Å². The van der Waals surface area contributed by atoms with Gasteiger partial charge in [0, 0.05) is 6.21 Å². The summed E-state index contributed by atoms with van der Waals surface area (Å²) in [5.74, 6) is 1.46. The topological polar surface area (TPSA) is 34.6 Å². The minimum atomic E-state index is 0.714. The average Bonchev–Trinajstić information content (AvgIpc) is 3.17. The number of allylic oxidation sites excluding steroid dienone is 7. The van der Waals surface area contributed by atoms with Crippen molar-refractivity contribution >= 4 is 40.6 Å². The molecule has 0 fully saturated rings. The molecule has 3 aromatic rings. The summed E-state index contributed by atoms with van der Waals surface area (Å²) >= 11 is 0. The van der Waals surface area contributed by atoms with Crippen molar-refractivity contribution in [3.05, 3.63) is 92.7 Å². The smallest absolute Gasteiger partial charge is 0.221 e. The third-order valence-electron chi connectivity index (χ3n) is 3.90. The summed E-state index contributed by atoms with van der Waals surface area (Å²) in [6, 6.07) is 7.98. The van der Waals surface area contributed by atoms with Crippen LogP contribution in [0.15, 0.2) is 92.0 Å². The van der Waals surface area contributed by atoms with E-state index in [9.17, 15) is 0 Å². The Labute approximate surface area is 152 Å². The molecule has 3 rings (SSSR count). The van der Waals surface area contributed by atoms with E-state index in [1.54, 1.807) is 30.5 Å². The highest BCUT2D eigenvalue weighted by atomic mass is 15.3. The average molecular weight is 340 g/mol. The quantitative estimate of drug-likeness (QED) is 0.408. The van der Waals surface area contributed by atoms with Crippen molar-refractivity contribution in [1.29, 1.82) is 0 Å².